The highest BCUT2D eigenvalue weighted by Crippen LogP contribution is 2.28. The minimum absolute atomic E-state index is 0.231. The smallest absolute Gasteiger partial charge is 0.319 e. The van der Waals surface area contributed by atoms with Gasteiger partial charge in [-0.05, 0) is 35.6 Å². The third kappa shape index (κ3) is 15.7. The summed E-state index contributed by atoms with van der Waals surface area (Å²) in [4.78, 5) is 16.1. The number of carbonyl (C=O) groups is 1. The van der Waals surface area contributed by atoms with E-state index in [1.54, 1.807) is 46.5 Å². The lowest BCUT2D eigenvalue weighted by Gasteiger charge is -2.11. The van der Waals surface area contributed by atoms with Crippen LogP contribution in [0.2, 0.25) is 0 Å². The molecule has 1 unspecified atom stereocenters. The first-order valence-electron chi connectivity index (χ1n) is 9.57. The molecule has 0 aliphatic carbocycles. The van der Waals surface area contributed by atoms with E-state index in [9.17, 15) is 4.79 Å². The van der Waals surface area contributed by atoms with Gasteiger partial charge in [0.05, 0.1) is 39.6 Å². The van der Waals surface area contributed by atoms with Crippen LogP contribution >= 0.6 is 57.3 Å². The van der Waals surface area contributed by atoms with Gasteiger partial charge in [0, 0.05) is 11.9 Å². The molecule has 1 aromatic rings. The molecule has 0 aromatic carbocycles. The molecule has 6 nitrogen and oxygen atoms in total. The Labute approximate surface area is 201 Å². The Morgan fingerprint density at radius 2 is 1.73 bits per heavy atom. The van der Waals surface area contributed by atoms with Gasteiger partial charge in [-0.2, -0.15) is 0 Å². The molecule has 11 heteroatoms. The number of thiocarbonyl (C=S) groups is 1. The fourth-order valence-electron chi connectivity index (χ4n) is 1.80. The molecule has 1 atom stereocenters. The highest BCUT2D eigenvalue weighted by Gasteiger charge is 2.17. The molecule has 0 saturated carbocycles. The predicted molar refractivity (Wildman–Crippen MR) is 134 cm³/mol. The molecule has 0 aliphatic heterocycles. The van der Waals surface area contributed by atoms with Gasteiger partial charge >= 0.3 is 5.97 Å². The van der Waals surface area contributed by atoms with Crippen LogP contribution in [-0.2, 0) is 23.7 Å². The van der Waals surface area contributed by atoms with E-state index in [0.717, 1.165) is 20.1 Å². The molecule has 0 N–H and O–H groups in total. The van der Waals surface area contributed by atoms with Crippen molar-refractivity contribution in [2.24, 2.45) is 0 Å². The summed E-state index contributed by atoms with van der Waals surface area (Å²) in [5.74, 6) is 1.52. The number of carbonyl (C=O) groups excluding carboxylic acids is 1. The number of thioether (sulfide) groups is 2. The molecule has 0 amide bonds. The SMILES string of the molecule is CCSC(=S)SC(C)C(=O)OCCOCCOCCOCCSSc1ccccn1. The van der Waals surface area contributed by atoms with Gasteiger partial charge in [0.25, 0.3) is 0 Å². The highest BCUT2D eigenvalue weighted by molar-refractivity contribution is 8.76. The van der Waals surface area contributed by atoms with Crippen molar-refractivity contribution in [3.05, 3.63) is 24.4 Å². The van der Waals surface area contributed by atoms with Crippen LogP contribution in [0, 0.1) is 0 Å². The Morgan fingerprint density at radius 3 is 2.37 bits per heavy atom. The molecule has 0 bridgehead atoms. The summed E-state index contributed by atoms with van der Waals surface area (Å²) in [6.45, 7) is 7.10. The van der Waals surface area contributed by atoms with E-state index in [1.807, 2.05) is 25.1 Å². The second-order valence-corrected chi connectivity index (χ2v) is 11.8. The van der Waals surface area contributed by atoms with Gasteiger partial charge in [0.2, 0.25) is 0 Å². The van der Waals surface area contributed by atoms with E-state index >= 15 is 0 Å². The molecule has 0 spiro atoms. The zero-order chi connectivity index (χ0) is 21.9. The van der Waals surface area contributed by atoms with Crippen LogP contribution < -0.4 is 0 Å². The first-order chi connectivity index (χ1) is 14.6. The van der Waals surface area contributed by atoms with Crippen molar-refractivity contribution >= 4 is 66.8 Å². The minimum atomic E-state index is -0.299. The lowest BCUT2D eigenvalue weighted by atomic mass is 10.5. The molecule has 0 aliphatic rings. The molecule has 30 heavy (non-hydrogen) atoms. The summed E-state index contributed by atoms with van der Waals surface area (Å²) in [5, 5.41) is 0.705. The Morgan fingerprint density at radius 1 is 1.07 bits per heavy atom. The fourth-order valence-corrected chi connectivity index (χ4v) is 6.07. The molecular formula is C19H29NO5S5. The third-order valence-electron chi connectivity index (χ3n) is 3.18. The monoisotopic (exact) mass is 511 g/mol. The summed E-state index contributed by atoms with van der Waals surface area (Å²) in [6, 6.07) is 5.87. The topological polar surface area (TPSA) is 66.9 Å². The number of rotatable bonds is 17. The Bertz CT molecular complexity index is 582. The van der Waals surface area contributed by atoms with Crippen molar-refractivity contribution in [3.63, 3.8) is 0 Å². The van der Waals surface area contributed by atoms with Gasteiger partial charge in [0.1, 0.15) is 20.4 Å². The maximum atomic E-state index is 11.8. The normalized spacial score (nSPS) is 11.9. The van der Waals surface area contributed by atoms with Crippen LogP contribution in [0.3, 0.4) is 0 Å². The highest BCUT2D eigenvalue weighted by atomic mass is 33.1. The van der Waals surface area contributed by atoms with Gasteiger partial charge in [-0.15, -0.1) is 11.8 Å². The van der Waals surface area contributed by atoms with Crippen LogP contribution in [0.4, 0.5) is 0 Å². The van der Waals surface area contributed by atoms with Crippen molar-refractivity contribution in [1.82, 2.24) is 4.98 Å². The number of nitrogens with zero attached hydrogens (tertiary/aromatic N) is 1. The number of ether oxygens (including phenoxy) is 4. The van der Waals surface area contributed by atoms with E-state index in [2.05, 4.69) is 4.98 Å². The van der Waals surface area contributed by atoms with Crippen LogP contribution in [0.1, 0.15) is 13.8 Å². The second-order valence-electron chi connectivity index (χ2n) is 5.52. The first kappa shape index (κ1) is 28.0. The maximum Gasteiger partial charge on any atom is 0.319 e. The average molecular weight is 512 g/mol. The summed E-state index contributed by atoms with van der Waals surface area (Å²) in [7, 11) is 3.37. The van der Waals surface area contributed by atoms with Crippen molar-refractivity contribution in [3.8, 4) is 0 Å². The Kier molecular flexibility index (Phi) is 18.4. The summed E-state index contributed by atoms with van der Waals surface area (Å²) in [6.07, 6.45) is 1.79. The van der Waals surface area contributed by atoms with Crippen molar-refractivity contribution in [2.75, 3.05) is 57.8 Å². The lowest BCUT2D eigenvalue weighted by Crippen LogP contribution is -2.20. The summed E-state index contributed by atoms with van der Waals surface area (Å²) >= 11 is 8.09. The molecule has 0 radical (unpaired) electrons. The predicted octanol–water partition coefficient (Wildman–Crippen LogP) is 4.57. The van der Waals surface area contributed by atoms with E-state index in [4.69, 9.17) is 31.2 Å². The number of pyridine rings is 1. The largest absolute Gasteiger partial charge is 0.462 e. The molecule has 1 aromatic heterocycles. The zero-order valence-electron chi connectivity index (χ0n) is 17.3. The molecule has 1 rings (SSSR count). The number of hydrogen-bond donors (Lipinski definition) is 0. The number of hydrogen-bond acceptors (Lipinski definition) is 11. The van der Waals surface area contributed by atoms with Gasteiger partial charge in [-0.1, -0.05) is 47.8 Å². The van der Waals surface area contributed by atoms with Gasteiger partial charge in [0.15, 0.2) is 0 Å². The fraction of sp³-hybridized carbons (Fsp3) is 0.632. The summed E-state index contributed by atoms with van der Waals surface area (Å²) < 4.78 is 22.3. The standard InChI is InChI=1S/C19H29NO5S5/c1-3-27-19(26)29-16(2)18(21)25-13-12-23-9-8-22-10-11-24-14-15-28-30-17-6-4-5-7-20-17/h4-7,16H,3,8-15H2,1-2H3. The van der Waals surface area contributed by atoms with E-state index in [0.29, 0.717) is 39.6 Å². The Balaban J connectivity index is 1.82. The van der Waals surface area contributed by atoms with Crippen molar-refractivity contribution < 1.29 is 23.7 Å². The molecule has 1 heterocycles. The van der Waals surface area contributed by atoms with E-state index in [1.165, 1.54) is 11.8 Å². The van der Waals surface area contributed by atoms with Crippen molar-refractivity contribution in [2.45, 2.75) is 24.1 Å². The molecule has 170 valence electrons. The first-order valence-corrected chi connectivity index (χ1v) is 14.2. The molecular weight excluding hydrogens is 483 g/mol. The molecule has 0 saturated heterocycles. The van der Waals surface area contributed by atoms with Gasteiger partial charge in [-0.25, -0.2) is 4.98 Å². The van der Waals surface area contributed by atoms with Crippen LogP contribution in [0.25, 0.3) is 0 Å². The average Bonchev–Trinajstić information content (AvgIpc) is 2.74. The van der Waals surface area contributed by atoms with Gasteiger partial charge in [-0.3, -0.25) is 4.79 Å². The number of aromatic nitrogens is 1. The summed E-state index contributed by atoms with van der Waals surface area (Å²) in [5.41, 5.74) is 0. The molecule has 0 fully saturated rings. The van der Waals surface area contributed by atoms with Crippen LogP contribution in [0.5, 0.6) is 0 Å². The maximum absolute atomic E-state index is 11.8. The quantitative estimate of drug-likeness (QED) is 0.128. The van der Waals surface area contributed by atoms with Gasteiger partial charge < -0.3 is 18.9 Å². The van der Waals surface area contributed by atoms with E-state index in [-0.39, 0.29) is 17.8 Å². The lowest BCUT2D eigenvalue weighted by molar-refractivity contribution is -0.144. The van der Waals surface area contributed by atoms with Crippen LogP contribution in [-0.4, -0.2) is 77.5 Å². The Hall–Kier alpha value is -0.0100. The minimum Gasteiger partial charge on any atom is -0.462 e. The third-order valence-corrected chi connectivity index (χ3v) is 7.95. The van der Waals surface area contributed by atoms with E-state index < -0.39 is 0 Å². The zero-order valence-corrected chi connectivity index (χ0v) is 21.4. The second kappa shape index (κ2) is 19.7. The van der Waals surface area contributed by atoms with Crippen molar-refractivity contribution in [1.29, 1.82) is 0 Å². The van der Waals surface area contributed by atoms with Crippen LogP contribution in [0.15, 0.2) is 29.4 Å². The number of esters is 1.